The molecule has 0 unspecified atom stereocenters. The molecule has 2 fully saturated rings. The SMILES string of the molecule is Nc1nc2ccccc2n1-c1nc(N2CCOCC2)cc(N2CCOCC2)n1. The van der Waals surface area contributed by atoms with Crippen LogP contribution in [0.1, 0.15) is 0 Å². The Morgan fingerprint density at radius 3 is 1.96 bits per heavy atom. The molecule has 0 bridgehead atoms. The molecule has 3 aromatic rings. The van der Waals surface area contributed by atoms with E-state index in [4.69, 9.17) is 25.2 Å². The molecule has 1 aromatic carbocycles. The molecular weight excluding hydrogens is 358 g/mol. The zero-order chi connectivity index (χ0) is 18.9. The van der Waals surface area contributed by atoms with Gasteiger partial charge in [0, 0.05) is 32.2 Å². The number of hydrogen-bond acceptors (Lipinski definition) is 8. The standard InChI is InChI=1S/C19H23N7O2/c20-18-21-14-3-1-2-4-15(14)26(18)19-22-16(24-5-9-27-10-6-24)13-17(23-19)25-7-11-28-12-8-25/h1-4,13H,5-12H2,(H2,20,21). The number of fused-ring (bicyclic) bond motifs is 1. The van der Waals surface area contributed by atoms with Crippen LogP contribution in [0.25, 0.3) is 17.0 Å². The third-order valence-electron chi connectivity index (χ3n) is 5.14. The Morgan fingerprint density at radius 1 is 0.786 bits per heavy atom. The number of aromatic nitrogens is 4. The molecule has 5 rings (SSSR count). The quantitative estimate of drug-likeness (QED) is 0.720. The first-order valence-electron chi connectivity index (χ1n) is 9.57. The Labute approximate surface area is 162 Å². The van der Waals surface area contributed by atoms with Gasteiger partial charge in [0.1, 0.15) is 11.6 Å². The lowest BCUT2D eigenvalue weighted by Crippen LogP contribution is -2.39. The molecule has 0 spiro atoms. The van der Waals surface area contributed by atoms with Gasteiger partial charge in [-0.15, -0.1) is 0 Å². The molecule has 2 saturated heterocycles. The number of rotatable bonds is 3. The van der Waals surface area contributed by atoms with Gasteiger partial charge in [-0.25, -0.2) is 9.55 Å². The van der Waals surface area contributed by atoms with Gasteiger partial charge < -0.3 is 25.0 Å². The van der Waals surface area contributed by atoms with E-state index in [2.05, 4.69) is 20.9 Å². The van der Waals surface area contributed by atoms with Crippen molar-refractivity contribution in [1.29, 1.82) is 0 Å². The van der Waals surface area contributed by atoms with E-state index in [0.717, 1.165) is 48.8 Å². The van der Waals surface area contributed by atoms with Gasteiger partial charge in [0.25, 0.3) is 0 Å². The highest BCUT2D eigenvalue weighted by atomic mass is 16.5. The summed E-state index contributed by atoms with van der Waals surface area (Å²) < 4.78 is 12.8. The number of benzene rings is 1. The first kappa shape index (κ1) is 17.2. The maximum atomic E-state index is 6.25. The Morgan fingerprint density at radius 2 is 1.36 bits per heavy atom. The number of imidazole rings is 1. The van der Waals surface area contributed by atoms with E-state index in [0.29, 0.717) is 38.3 Å². The lowest BCUT2D eigenvalue weighted by molar-refractivity contribution is 0.122. The average Bonchev–Trinajstić information content (AvgIpc) is 3.10. The molecule has 0 radical (unpaired) electrons. The van der Waals surface area contributed by atoms with Crippen molar-refractivity contribution in [3.05, 3.63) is 30.3 Å². The molecule has 9 nitrogen and oxygen atoms in total. The predicted molar refractivity (Wildman–Crippen MR) is 107 cm³/mol. The lowest BCUT2D eigenvalue weighted by Gasteiger charge is -2.31. The zero-order valence-corrected chi connectivity index (χ0v) is 15.6. The normalized spacial score (nSPS) is 18.0. The van der Waals surface area contributed by atoms with Crippen LogP contribution < -0.4 is 15.5 Å². The third kappa shape index (κ3) is 3.12. The summed E-state index contributed by atoms with van der Waals surface area (Å²) in [6.45, 7) is 6.01. The van der Waals surface area contributed by atoms with Crippen molar-refractivity contribution in [2.45, 2.75) is 0 Å². The van der Waals surface area contributed by atoms with Crippen molar-refractivity contribution in [3.8, 4) is 5.95 Å². The summed E-state index contributed by atoms with van der Waals surface area (Å²) >= 11 is 0. The van der Waals surface area contributed by atoms with Crippen LogP contribution in [-0.2, 0) is 9.47 Å². The summed E-state index contributed by atoms with van der Waals surface area (Å²) in [4.78, 5) is 18.6. The largest absolute Gasteiger partial charge is 0.378 e. The maximum Gasteiger partial charge on any atom is 0.241 e. The molecule has 146 valence electrons. The summed E-state index contributed by atoms with van der Waals surface area (Å²) in [5.41, 5.74) is 7.97. The van der Waals surface area contributed by atoms with E-state index in [1.807, 2.05) is 28.8 Å². The molecule has 4 heterocycles. The van der Waals surface area contributed by atoms with E-state index >= 15 is 0 Å². The molecule has 0 atom stereocenters. The summed E-state index contributed by atoms with van der Waals surface area (Å²) in [6, 6.07) is 9.89. The van der Waals surface area contributed by atoms with Crippen molar-refractivity contribution in [2.75, 3.05) is 68.1 Å². The van der Waals surface area contributed by atoms with E-state index in [9.17, 15) is 0 Å². The van der Waals surface area contributed by atoms with Gasteiger partial charge in [-0.2, -0.15) is 9.97 Å². The number of nitrogens with zero attached hydrogens (tertiary/aromatic N) is 6. The highest BCUT2D eigenvalue weighted by Crippen LogP contribution is 2.26. The maximum absolute atomic E-state index is 6.25. The minimum atomic E-state index is 0.383. The van der Waals surface area contributed by atoms with Crippen LogP contribution in [0.15, 0.2) is 30.3 Å². The number of para-hydroxylation sites is 2. The lowest BCUT2D eigenvalue weighted by atomic mass is 10.3. The fraction of sp³-hybridized carbons (Fsp3) is 0.421. The van der Waals surface area contributed by atoms with Crippen molar-refractivity contribution >= 4 is 28.6 Å². The summed E-state index contributed by atoms with van der Waals surface area (Å²) in [6.07, 6.45) is 0. The molecule has 2 aromatic heterocycles. The van der Waals surface area contributed by atoms with Crippen molar-refractivity contribution < 1.29 is 9.47 Å². The minimum Gasteiger partial charge on any atom is -0.378 e. The highest BCUT2D eigenvalue weighted by Gasteiger charge is 2.21. The van der Waals surface area contributed by atoms with Crippen LogP contribution in [0.2, 0.25) is 0 Å². The van der Waals surface area contributed by atoms with Gasteiger partial charge >= 0.3 is 0 Å². The molecule has 2 N–H and O–H groups in total. The molecule has 28 heavy (non-hydrogen) atoms. The average molecular weight is 381 g/mol. The Hall–Kier alpha value is -2.91. The van der Waals surface area contributed by atoms with Crippen LogP contribution in [0.4, 0.5) is 17.6 Å². The zero-order valence-electron chi connectivity index (χ0n) is 15.6. The van der Waals surface area contributed by atoms with Gasteiger partial charge in [0.15, 0.2) is 0 Å². The second-order valence-electron chi connectivity index (χ2n) is 6.88. The van der Waals surface area contributed by atoms with E-state index in [1.54, 1.807) is 0 Å². The van der Waals surface area contributed by atoms with Crippen LogP contribution >= 0.6 is 0 Å². The number of morpholine rings is 2. The molecule has 0 aliphatic carbocycles. The number of anilines is 3. The van der Waals surface area contributed by atoms with Gasteiger partial charge in [-0.1, -0.05) is 12.1 Å². The first-order valence-corrected chi connectivity index (χ1v) is 9.57. The molecular formula is C19H23N7O2. The number of nitrogen functional groups attached to an aromatic ring is 1. The van der Waals surface area contributed by atoms with Crippen molar-refractivity contribution in [2.24, 2.45) is 0 Å². The summed E-state index contributed by atoms with van der Waals surface area (Å²) in [5, 5.41) is 0. The fourth-order valence-electron chi connectivity index (χ4n) is 3.67. The van der Waals surface area contributed by atoms with E-state index in [1.165, 1.54) is 0 Å². The van der Waals surface area contributed by atoms with E-state index < -0.39 is 0 Å². The fourth-order valence-corrected chi connectivity index (χ4v) is 3.67. The van der Waals surface area contributed by atoms with Crippen LogP contribution in [0.3, 0.4) is 0 Å². The molecule has 0 amide bonds. The van der Waals surface area contributed by atoms with Crippen molar-refractivity contribution in [3.63, 3.8) is 0 Å². The van der Waals surface area contributed by atoms with Gasteiger partial charge in [0.2, 0.25) is 11.9 Å². The Balaban J connectivity index is 1.64. The Bertz CT molecular complexity index is 941. The second-order valence-corrected chi connectivity index (χ2v) is 6.88. The summed E-state index contributed by atoms with van der Waals surface area (Å²) in [5.74, 6) is 2.68. The number of hydrogen-bond donors (Lipinski definition) is 1. The topological polar surface area (TPSA) is 94.6 Å². The number of ether oxygens (including phenoxy) is 2. The predicted octanol–water partition coefficient (Wildman–Crippen LogP) is 1.07. The van der Waals surface area contributed by atoms with Gasteiger partial charge in [0.05, 0.1) is 37.5 Å². The molecule has 2 aliphatic heterocycles. The molecule has 9 heteroatoms. The van der Waals surface area contributed by atoms with Crippen LogP contribution in [0.5, 0.6) is 0 Å². The summed E-state index contributed by atoms with van der Waals surface area (Å²) in [7, 11) is 0. The third-order valence-corrected chi connectivity index (χ3v) is 5.14. The first-order chi connectivity index (χ1) is 13.8. The monoisotopic (exact) mass is 381 g/mol. The highest BCUT2D eigenvalue weighted by molar-refractivity contribution is 5.80. The van der Waals surface area contributed by atoms with E-state index in [-0.39, 0.29) is 0 Å². The molecule has 2 aliphatic rings. The number of nitrogens with two attached hydrogens (primary N) is 1. The van der Waals surface area contributed by atoms with Crippen LogP contribution in [0, 0.1) is 0 Å². The van der Waals surface area contributed by atoms with Crippen molar-refractivity contribution in [1.82, 2.24) is 19.5 Å². The second kappa shape index (κ2) is 7.25. The van der Waals surface area contributed by atoms with Crippen LogP contribution in [-0.4, -0.2) is 72.1 Å². The minimum absolute atomic E-state index is 0.383. The Kier molecular flexibility index (Phi) is 4.46. The van der Waals surface area contributed by atoms with Gasteiger partial charge in [-0.05, 0) is 12.1 Å². The van der Waals surface area contributed by atoms with Gasteiger partial charge in [-0.3, -0.25) is 0 Å². The smallest absolute Gasteiger partial charge is 0.241 e. The molecule has 0 saturated carbocycles.